The van der Waals surface area contributed by atoms with E-state index in [0.717, 1.165) is 12.1 Å². The van der Waals surface area contributed by atoms with Crippen LogP contribution in [0.25, 0.3) is 22.3 Å². The molecule has 3 aliphatic rings. The molecule has 59 heavy (non-hydrogen) atoms. The molecule has 2 aromatic carbocycles. The third-order valence-electron chi connectivity index (χ3n) is 9.82. The number of benzene rings is 2. The van der Waals surface area contributed by atoms with Crippen LogP contribution in [-0.4, -0.2) is 179 Å². The van der Waals surface area contributed by atoms with Gasteiger partial charge in [0.25, 0.3) is 0 Å². The van der Waals surface area contributed by atoms with Crippen molar-refractivity contribution < 1.29 is 108 Å². The fourth-order valence-corrected chi connectivity index (χ4v) is 6.56. The first kappa shape index (κ1) is 43.8. The molecule has 1 aromatic heterocycles. The highest BCUT2D eigenvalue weighted by atomic mass is 16.8. The van der Waals surface area contributed by atoms with Crippen LogP contribution >= 0.6 is 0 Å². The Kier molecular flexibility index (Phi) is 13.3. The van der Waals surface area contributed by atoms with Gasteiger partial charge in [0, 0.05) is 17.7 Å². The number of carboxylic acids is 1. The summed E-state index contributed by atoms with van der Waals surface area (Å²) < 4.78 is 44.9. The van der Waals surface area contributed by atoms with Crippen LogP contribution in [-0.2, 0) is 33.3 Å². The van der Waals surface area contributed by atoms with Crippen molar-refractivity contribution in [1.82, 2.24) is 0 Å². The van der Waals surface area contributed by atoms with Crippen LogP contribution in [0.15, 0.2) is 45.6 Å². The van der Waals surface area contributed by atoms with Gasteiger partial charge in [-0.25, -0.2) is 0 Å². The van der Waals surface area contributed by atoms with Crippen molar-refractivity contribution in [3.63, 3.8) is 0 Å². The molecule has 3 aromatic rings. The van der Waals surface area contributed by atoms with E-state index in [0.29, 0.717) is 0 Å². The first-order chi connectivity index (χ1) is 27.9. The van der Waals surface area contributed by atoms with E-state index >= 15 is 0 Å². The van der Waals surface area contributed by atoms with Crippen LogP contribution < -0.4 is 14.9 Å². The first-order valence-corrected chi connectivity index (χ1v) is 17.9. The summed E-state index contributed by atoms with van der Waals surface area (Å²) in [4.78, 5) is 36.8. The Bertz CT molecular complexity index is 2020. The third kappa shape index (κ3) is 9.07. The fourth-order valence-electron chi connectivity index (χ4n) is 6.56. The minimum atomic E-state index is -1.97. The molecule has 3 fully saturated rings. The minimum Gasteiger partial charge on any atom is -0.508 e. The molecule has 23 nitrogen and oxygen atoms in total. The van der Waals surface area contributed by atoms with Crippen molar-refractivity contribution in [2.75, 3.05) is 13.2 Å². The minimum absolute atomic E-state index is 0.0712. The predicted molar refractivity (Wildman–Crippen MR) is 187 cm³/mol. The van der Waals surface area contributed by atoms with Gasteiger partial charge in [-0.05, 0) is 31.2 Å². The van der Waals surface area contributed by atoms with Gasteiger partial charge in [0.15, 0.2) is 18.2 Å². The van der Waals surface area contributed by atoms with Crippen molar-refractivity contribution >= 4 is 22.9 Å². The van der Waals surface area contributed by atoms with Crippen molar-refractivity contribution in [2.24, 2.45) is 0 Å². The number of aliphatic hydroxyl groups is 9. The van der Waals surface area contributed by atoms with Crippen LogP contribution in [0.5, 0.6) is 23.0 Å². The maximum atomic E-state index is 14.3. The van der Waals surface area contributed by atoms with E-state index in [2.05, 4.69) is 0 Å². The van der Waals surface area contributed by atoms with E-state index in [1.165, 1.54) is 31.2 Å². The van der Waals surface area contributed by atoms with Crippen LogP contribution in [0.4, 0.5) is 0 Å². The van der Waals surface area contributed by atoms with Crippen molar-refractivity contribution in [2.45, 2.75) is 105 Å². The molecule has 0 spiro atoms. The van der Waals surface area contributed by atoms with Crippen LogP contribution in [0, 0.1) is 0 Å². The van der Waals surface area contributed by atoms with E-state index in [1.807, 2.05) is 0 Å². The van der Waals surface area contributed by atoms with Gasteiger partial charge in [0.05, 0.1) is 12.7 Å². The smallest absolute Gasteiger partial charge is 0.317 e. The standard InChI is InChI=1S/C36H42O23/c1-11-22(43)28(49)33(59-35-30(51)26(47)23(44)17(9-37)56-35)36(53-11)58-32-25(46)21-15(39)6-14(7-16(21)55-31(32)12-2-4-13(38)5-3-12)54-34-29(50)27(48)24(45)18(57-34)10-52-20(42)8-19(40)41/h2-7,11,17-18,22-24,26-30,33-39,43-45,47-51H,8-10H2,1H3,(H,40,41)/t11-,17+,18+,22-,23+,24+,26-,27-,28+,29+,30+,33+,34+,35-,36-/m0/s1. The average Bonchev–Trinajstić information content (AvgIpc) is 3.19. The van der Waals surface area contributed by atoms with E-state index in [-0.39, 0.29) is 17.1 Å². The Morgan fingerprint density at radius 2 is 1.36 bits per heavy atom. The number of esters is 1. The number of rotatable bonds is 12. The number of carboxylic acid groups (broad SMARTS) is 1. The summed E-state index contributed by atoms with van der Waals surface area (Å²) in [5, 5.41) is 123. The highest BCUT2D eigenvalue weighted by Gasteiger charge is 2.51. The van der Waals surface area contributed by atoms with E-state index in [4.69, 9.17) is 42.7 Å². The summed E-state index contributed by atoms with van der Waals surface area (Å²) in [7, 11) is 0. The number of aliphatic carboxylic acids is 1. The zero-order valence-electron chi connectivity index (χ0n) is 30.6. The number of ether oxygens (including phenoxy) is 7. The largest absolute Gasteiger partial charge is 0.508 e. The van der Waals surface area contributed by atoms with Gasteiger partial charge in [-0.15, -0.1) is 0 Å². The molecule has 4 heterocycles. The Hall–Kier alpha value is -4.73. The van der Waals surface area contributed by atoms with Crippen molar-refractivity contribution in [3.8, 4) is 34.3 Å². The second kappa shape index (κ2) is 17.9. The molecule has 0 bridgehead atoms. The SMILES string of the molecule is C[C@@H]1O[C@@H](Oc2c(-c3ccc(O)cc3)oc3cc(O[C@@H]4O[C@H](COC(=O)CC(=O)O)[C@@H](O)[C@H](O)[C@H]4O)cc(O)c3c2=O)[C@H](O[C@@H]2O[C@H](CO)[C@@H](O)[C@H](O)[C@H]2O)[C@H](O)[C@H]1O. The van der Waals surface area contributed by atoms with Gasteiger partial charge in [0.2, 0.25) is 23.8 Å². The Morgan fingerprint density at radius 1 is 0.729 bits per heavy atom. The van der Waals surface area contributed by atoms with E-state index in [1.54, 1.807) is 0 Å². The van der Waals surface area contributed by atoms with Gasteiger partial charge < -0.3 is 98.9 Å². The molecular weight excluding hydrogens is 800 g/mol. The summed E-state index contributed by atoms with van der Waals surface area (Å²) in [5.74, 6) is -5.14. The van der Waals surface area contributed by atoms with Crippen LogP contribution in [0.1, 0.15) is 13.3 Å². The number of hydrogen-bond donors (Lipinski definition) is 12. The summed E-state index contributed by atoms with van der Waals surface area (Å²) in [6.07, 6.45) is -27.5. The normalized spacial score (nSPS) is 34.9. The maximum Gasteiger partial charge on any atom is 0.317 e. The number of hydrogen-bond acceptors (Lipinski definition) is 22. The highest BCUT2D eigenvalue weighted by Crippen LogP contribution is 2.39. The highest BCUT2D eigenvalue weighted by molar-refractivity contribution is 5.90. The topological polar surface area (TPSA) is 372 Å². The quantitative estimate of drug-likeness (QED) is 0.0612. The second-order valence-corrected chi connectivity index (χ2v) is 13.9. The molecule has 0 aliphatic carbocycles. The zero-order chi connectivity index (χ0) is 43.0. The molecular formula is C36H42O23. The molecule has 6 rings (SSSR count). The van der Waals surface area contributed by atoms with Crippen molar-refractivity contribution in [1.29, 1.82) is 0 Å². The lowest BCUT2D eigenvalue weighted by Gasteiger charge is -2.45. The monoisotopic (exact) mass is 842 g/mol. The van der Waals surface area contributed by atoms with Crippen molar-refractivity contribution in [3.05, 3.63) is 46.6 Å². The van der Waals surface area contributed by atoms with E-state index in [9.17, 15) is 70.6 Å². The van der Waals surface area contributed by atoms with E-state index < -0.39 is 157 Å². The number of phenolic OH excluding ortho intramolecular Hbond substituents is 2. The second-order valence-electron chi connectivity index (χ2n) is 13.9. The molecule has 3 saturated heterocycles. The number of phenols is 2. The Balaban J connectivity index is 1.35. The summed E-state index contributed by atoms with van der Waals surface area (Å²) in [6.45, 7) is -0.251. The molecule has 12 N–H and O–H groups in total. The average molecular weight is 843 g/mol. The summed E-state index contributed by atoms with van der Waals surface area (Å²) in [5.41, 5.74) is -1.41. The van der Waals surface area contributed by atoms with Gasteiger partial charge in [-0.2, -0.15) is 0 Å². The Morgan fingerprint density at radius 3 is 2.00 bits per heavy atom. The van der Waals surface area contributed by atoms with Crippen LogP contribution in [0.2, 0.25) is 0 Å². The molecule has 0 unspecified atom stereocenters. The number of aliphatic hydroxyl groups excluding tert-OH is 9. The number of aromatic hydroxyl groups is 2. The number of fused-ring (bicyclic) bond motifs is 1. The predicted octanol–water partition coefficient (Wildman–Crippen LogP) is -3.89. The van der Waals surface area contributed by atoms with Gasteiger partial charge in [0.1, 0.15) is 102 Å². The fraction of sp³-hybridized carbons (Fsp3) is 0.528. The summed E-state index contributed by atoms with van der Waals surface area (Å²) in [6, 6.07) is 7.00. The maximum absolute atomic E-state index is 14.3. The lowest BCUT2D eigenvalue weighted by molar-refractivity contribution is -0.355. The Labute approximate surface area is 330 Å². The number of carbonyl (C=O) groups excluding carboxylic acids is 1. The molecule has 23 heteroatoms. The van der Waals surface area contributed by atoms with Gasteiger partial charge in [-0.3, -0.25) is 14.4 Å². The van der Waals surface area contributed by atoms with Crippen LogP contribution in [0.3, 0.4) is 0 Å². The molecule has 324 valence electrons. The lowest BCUT2D eigenvalue weighted by atomic mass is 9.97. The molecule has 15 atom stereocenters. The molecule has 3 aliphatic heterocycles. The summed E-state index contributed by atoms with van der Waals surface area (Å²) >= 11 is 0. The first-order valence-electron chi connectivity index (χ1n) is 17.9. The van der Waals surface area contributed by atoms with Gasteiger partial charge >= 0.3 is 11.9 Å². The number of carbonyl (C=O) groups is 2. The third-order valence-corrected chi connectivity index (χ3v) is 9.82. The zero-order valence-corrected chi connectivity index (χ0v) is 30.6. The lowest BCUT2D eigenvalue weighted by Crippen LogP contribution is -2.64. The molecule has 0 radical (unpaired) electrons. The molecule has 0 saturated carbocycles. The molecule has 0 amide bonds. The van der Waals surface area contributed by atoms with Gasteiger partial charge in [-0.1, -0.05) is 0 Å².